The lowest BCUT2D eigenvalue weighted by atomic mass is 10.1. The molecular weight excluding hydrogens is 384 g/mol. The van der Waals surface area contributed by atoms with Crippen LogP contribution in [0.5, 0.6) is 11.5 Å². The first kappa shape index (κ1) is 19.4. The molecule has 7 nitrogen and oxygen atoms in total. The molecule has 0 aliphatic rings. The molecule has 0 radical (unpaired) electrons. The monoisotopic (exact) mass is 400 g/mol. The summed E-state index contributed by atoms with van der Waals surface area (Å²) in [5, 5.41) is 22.3. The third kappa shape index (κ3) is 4.15. The Morgan fingerprint density at radius 2 is 1.89 bits per heavy atom. The number of ether oxygens (including phenoxy) is 1. The second-order valence-corrected chi connectivity index (χ2v) is 6.47. The minimum Gasteiger partial charge on any atom is -0.505 e. The number of amides is 1. The third-order valence-electron chi connectivity index (χ3n) is 4.08. The highest BCUT2D eigenvalue weighted by Crippen LogP contribution is 2.34. The van der Waals surface area contributed by atoms with Gasteiger partial charge in [-0.2, -0.15) is 0 Å². The number of carbonyl (C=O) groups is 2. The quantitative estimate of drug-likeness (QED) is 0.547. The molecule has 3 aromatic rings. The van der Waals surface area contributed by atoms with Crippen LogP contribution in [0.4, 0.5) is 0 Å². The summed E-state index contributed by atoms with van der Waals surface area (Å²) in [5.74, 6) is -1.90. The molecule has 2 aromatic carbocycles. The topological polar surface area (TPSA) is 109 Å². The minimum absolute atomic E-state index is 0.00825. The molecule has 0 saturated heterocycles. The Bertz CT molecular complexity index is 1040. The average Bonchev–Trinajstić information content (AvgIpc) is 2.69. The highest BCUT2D eigenvalue weighted by molar-refractivity contribution is 6.35. The highest BCUT2D eigenvalue weighted by atomic mass is 35.5. The number of nitrogens with zero attached hydrogens (tertiary/aromatic N) is 1. The number of carboxylic acid groups (broad SMARTS) is 1. The van der Waals surface area contributed by atoms with Gasteiger partial charge < -0.3 is 20.3 Å². The van der Waals surface area contributed by atoms with E-state index in [1.165, 1.54) is 6.92 Å². The number of hydrogen-bond donors (Lipinski definition) is 3. The van der Waals surface area contributed by atoms with E-state index in [-0.39, 0.29) is 16.6 Å². The first-order valence-corrected chi connectivity index (χ1v) is 8.77. The van der Waals surface area contributed by atoms with Crippen LogP contribution in [0.15, 0.2) is 48.5 Å². The standard InChI is InChI=1S/C20H17ClN2O5/c1-11(20(26)27)22-19(25)16-17(24)14-8-7-13(9-15(14)18(21)23-16)28-10-12-5-3-2-4-6-12/h2-9,11,24H,10H2,1H3,(H,22,25)(H,26,27)/t11-/m0/s1. The summed E-state index contributed by atoms with van der Waals surface area (Å²) in [6, 6.07) is 13.3. The molecule has 0 unspecified atom stereocenters. The van der Waals surface area contributed by atoms with Crippen molar-refractivity contribution in [2.24, 2.45) is 0 Å². The number of benzene rings is 2. The number of aromatic hydroxyl groups is 1. The van der Waals surface area contributed by atoms with Crippen molar-refractivity contribution in [2.45, 2.75) is 19.6 Å². The molecule has 1 heterocycles. The number of carboxylic acids is 1. The zero-order valence-electron chi connectivity index (χ0n) is 14.8. The third-order valence-corrected chi connectivity index (χ3v) is 4.37. The number of carbonyl (C=O) groups excluding carboxylic acids is 1. The lowest BCUT2D eigenvalue weighted by Gasteiger charge is -2.13. The van der Waals surface area contributed by atoms with Gasteiger partial charge in [0.05, 0.1) is 0 Å². The Morgan fingerprint density at radius 1 is 1.18 bits per heavy atom. The van der Waals surface area contributed by atoms with Gasteiger partial charge in [0.15, 0.2) is 11.4 Å². The molecule has 1 amide bonds. The molecular formula is C20H17ClN2O5. The number of aromatic nitrogens is 1. The Hall–Kier alpha value is -3.32. The van der Waals surface area contributed by atoms with Gasteiger partial charge in [0, 0.05) is 10.8 Å². The normalized spacial score (nSPS) is 11.8. The molecule has 0 aliphatic carbocycles. The lowest BCUT2D eigenvalue weighted by Crippen LogP contribution is -2.38. The molecule has 0 aliphatic heterocycles. The predicted octanol–water partition coefficient (Wildman–Crippen LogP) is 3.38. The molecule has 0 saturated carbocycles. The summed E-state index contributed by atoms with van der Waals surface area (Å²) in [7, 11) is 0. The van der Waals surface area contributed by atoms with Crippen LogP contribution < -0.4 is 10.1 Å². The van der Waals surface area contributed by atoms with E-state index in [4.69, 9.17) is 21.4 Å². The van der Waals surface area contributed by atoms with Gasteiger partial charge in [-0.15, -0.1) is 0 Å². The van der Waals surface area contributed by atoms with E-state index in [9.17, 15) is 14.7 Å². The van der Waals surface area contributed by atoms with E-state index in [0.717, 1.165) is 5.56 Å². The van der Waals surface area contributed by atoms with Gasteiger partial charge in [-0.1, -0.05) is 41.9 Å². The first-order valence-electron chi connectivity index (χ1n) is 8.39. The highest BCUT2D eigenvalue weighted by Gasteiger charge is 2.22. The Balaban J connectivity index is 1.88. The summed E-state index contributed by atoms with van der Waals surface area (Å²) in [5.41, 5.74) is 0.651. The van der Waals surface area contributed by atoms with E-state index < -0.39 is 17.9 Å². The van der Waals surface area contributed by atoms with E-state index in [0.29, 0.717) is 23.1 Å². The molecule has 144 valence electrons. The molecule has 1 aromatic heterocycles. The maximum Gasteiger partial charge on any atom is 0.325 e. The summed E-state index contributed by atoms with van der Waals surface area (Å²) in [6.45, 7) is 1.66. The van der Waals surface area contributed by atoms with Crippen LogP contribution in [0.25, 0.3) is 10.8 Å². The van der Waals surface area contributed by atoms with Crippen molar-refractivity contribution < 1.29 is 24.5 Å². The smallest absolute Gasteiger partial charge is 0.325 e. The van der Waals surface area contributed by atoms with Gasteiger partial charge in [0.25, 0.3) is 5.91 Å². The van der Waals surface area contributed by atoms with Gasteiger partial charge in [0.1, 0.15) is 23.6 Å². The van der Waals surface area contributed by atoms with Crippen molar-refractivity contribution in [1.82, 2.24) is 10.3 Å². The van der Waals surface area contributed by atoms with E-state index in [2.05, 4.69) is 10.3 Å². The largest absolute Gasteiger partial charge is 0.505 e. The Kier molecular flexibility index (Phi) is 5.65. The number of pyridine rings is 1. The summed E-state index contributed by atoms with van der Waals surface area (Å²) in [4.78, 5) is 27.0. The van der Waals surface area contributed by atoms with Gasteiger partial charge in [0.2, 0.25) is 0 Å². The second kappa shape index (κ2) is 8.14. The zero-order chi connectivity index (χ0) is 20.3. The zero-order valence-corrected chi connectivity index (χ0v) is 15.6. The van der Waals surface area contributed by atoms with Gasteiger partial charge in [-0.25, -0.2) is 4.98 Å². The molecule has 0 bridgehead atoms. The SMILES string of the molecule is C[C@H](NC(=O)c1nc(Cl)c2cc(OCc3ccccc3)ccc2c1O)C(=O)O. The maximum atomic E-state index is 12.2. The number of aliphatic carboxylic acids is 1. The molecule has 3 rings (SSSR count). The van der Waals surface area contributed by atoms with Crippen molar-refractivity contribution in [3.63, 3.8) is 0 Å². The average molecular weight is 401 g/mol. The second-order valence-electron chi connectivity index (χ2n) is 6.11. The fraction of sp³-hybridized carbons (Fsp3) is 0.150. The Labute approximate surface area is 165 Å². The fourth-order valence-electron chi connectivity index (χ4n) is 2.56. The van der Waals surface area contributed by atoms with Crippen molar-refractivity contribution >= 4 is 34.2 Å². The fourth-order valence-corrected chi connectivity index (χ4v) is 2.80. The first-order chi connectivity index (χ1) is 13.4. The molecule has 1 atom stereocenters. The van der Waals surface area contributed by atoms with Gasteiger partial charge in [-0.05, 0) is 30.7 Å². The van der Waals surface area contributed by atoms with Gasteiger partial charge in [-0.3, -0.25) is 9.59 Å². The lowest BCUT2D eigenvalue weighted by molar-refractivity contribution is -0.138. The van der Waals surface area contributed by atoms with Crippen LogP contribution in [-0.4, -0.2) is 33.1 Å². The maximum absolute atomic E-state index is 12.2. The minimum atomic E-state index is -1.21. The van der Waals surface area contributed by atoms with Crippen LogP contribution in [0.1, 0.15) is 23.0 Å². The van der Waals surface area contributed by atoms with Crippen LogP contribution >= 0.6 is 11.6 Å². The Morgan fingerprint density at radius 3 is 2.57 bits per heavy atom. The summed E-state index contributed by atoms with van der Waals surface area (Å²) in [6.07, 6.45) is 0. The summed E-state index contributed by atoms with van der Waals surface area (Å²) < 4.78 is 5.74. The molecule has 8 heteroatoms. The van der Waals surface area contributed by atoms with Crippen molar-refractivity contribution in [3.05, 3.63) is 64.9 Å². The molecule has 3 N–H and O–H groups in total. The van der Waals surface area contributed by atoms with Crippen LogP contribution in [-0.2, 0) is 11.4 Å². The number of fused-ring (bicyclic) bond motifs is 1. The predicted molar refractivity (Wildman–Crippen MR) is 104 cm³/mol. The van der Waals surface area contributed by atoms with Gasteiger partial charge >= 0.3 is 5.97 Å². The van der Waals surface area contributed by atoms with E-state index >= 15 is 0 Å². The van der Waals surface area contributed by atoms with Crippen molar-refractivity contribution in [2.75, 3.05) is 0 Å². The molecule has 0 fully saturated rings. The van der Waals surface area contributed by atoms with E-state index in [1.54, 1.807) is 18.2 Å². The van der Waals surface area contributed by atoms with Crippen molar-refractivity contribution in [3.8, 4) is 11.5 Å². The number of rotatable bonds is 6. The van der Waals surface area contributed by atoms with Crippen LogP contribution in [0.3, 0.4) is 0 Å². The van der Waals surface area contributed by atoms with Crippen molar-refractivity contribution in [1.29, 1.82) is 0 Å². The van der Waals surface area contributed by atoms with Crippen LogP contribution in [0.2, 0.25) is 5.15 Å². The summed E-state index contributed by atoms with van der Waals surface area (Å²) >= 11 is 6.19. The number of nitrogens with one attached hydrogen (secondary N) is 1. The number of hydrogen-bond acceptors (Lipinski definition) is 5. The molecule has 28 heavy (non-hydrogen) atoms. The van der Waals surface area contributed by atoms with Crippen LogP contribution in [0, 0.1) is 0 Å². The molecule has 0 spiro atoms. The number of halogens is 1. The van der Waals surface area contributed by atoms with E-state index in [1.807, 2.05) is 30.3 Å².